The summed E-state index contributed by atoms with van der Waals surface area (Å²) >= 11 is 0. The van der Waals surface area contributed by atoms with Crippen molar-refractivity contribution < 1.29 is 76.2 Å². The SMILES string of the molecule is CCC(C)(C)C(=O)OC1CC2CC1C1C3CC(C(=O)OCOC4C5CC6CC(C5)CC4C6)C(C3)C21.CCC(C)(C)C(=O)OC1CC2CC1C1C3CC(C(=O)OCOCC45CC6CC(CC(C6)C4)C5)C(C3)C21.CCC(C)(C)C(=O)OCC(=O)OCC(=O)OC1(C)CCCC1. The van der Waals surface area contributed by atoms with Gasteiger partial charge in [-0.3, -0.25) is 24.0 Å². The Morgan fingerprint density at radius 3 is 1.30 bits per heavy atom. The van der Waals surface area contributed by atoms with E-state index in [0.717, 1.165) is 107 Å². The number of hydrogen-bond acceptors (Lipinski definition) is 16. The van der Waals surface area contributed by atoms with Gasteiger partial charge in [0, 0.05) is 0 Å². The molecule has 0 saturated heterocycles. The highest BCUT2D eigenvalue weighted by atomic mass is 16.7. The van der Waals surface area contributed by atoms with Crippen molar-refractivity contribution in [1.29, 1.82) is 0 Å². The van der Waals surface area contributed by atoms with Crippen LogP contribution in [0, 0.1) is 146 Å². The van der Waals surface area contributed by atoms with Crippen LogP contribution in [0.15, 0.2) is 0 Å². The van der Waals surface area contributed by atoms with Gasteiger partial charge < -0.3 is 42.6 Å². The molecule has 17 rings (SSSR count). The zero-order valence-electron chi connectivity index (χ0n) is 58.3. The Morgan fingerprint density at radius 2 is 0.828 bits per heavy atom. The van der Waals surface area contributed by atoms with Crippen molar-refractivity contribution in [2.24, 2.45) is 146 Å². The van der Waals surface area contributed by atoms with Crippen LogP contribution < -0.4 is 0 Å². The van der Waals surface area contributed by atoms with Gasteiger partial charge in [0.2, 0.25) is 0 Å². The molecule has 16 nitrogen and oxygen atoms in total. The van der Waals surface area contributed by atoms with E-state index in [1.54, 1.807) is 13.8 Å². The molecular weight excluding hydrogens is 1180 g/mol. The van der Waals surface area contributed by atoms with Gasteiger partial charge in [-0.25, -0.2) is 9.59 Å². The average Bonchev–Trinajstić information content (AvgIpc) is 1.56. The molecular formula is C77H116O16. The number of fused-ring (bicyclic) bond motifs is 18. The Morgan fingerprint density at radius 1 is 0.419 bits per heavy atom. The molecule has 0 amide bonds. The van der Waals surface area contributed by atoms with Crippen molar-refractivity contribution in [1.82, 2.24) is 0 Å². The van der Waals surface area contributed by atoms with Gasteiger partial charge in [-0.05, 0) is 333 Å². The average molecular weight is 1300 g/mol. The molecule has 0 aromatic rings. The van der Waals surface area contributed by atoms with E-state index in [9.17, 15) is 33.6 Å². The van der Waals surface area contributed by atoms with Crippen LogP contribution in [0.3, 0.4) is 0 Å². The van der Waals surface area contributed by atoms with Crippen LogP contribution in [0.25, 0.3) is 0 Å². The Balaban J connectivity index is 0.000000132. The Labute approximate surface area is 555 Å². The number of carbonyl (C=O) groups excluding carboxylic acids is 7. The first-order valence-corrected chi connectivity index (χ1v) is 37.7. The fourth-order valence-electron chi connectivity index (χ4n) is 24.3. The third-order valence-electron chi connectivity index (χ3n) is 29.1. The molecule has 0 N–H and O–H groups in total. The first-order chi connectivity index (χ1) is 44.3. The van der Waals surface area contributed by atoms with Gasteiger partial charge in [0.15, 0.2) is 26.8 Å². The predicted octanol–water partition coefficient (Wildman–Crippen LogP) is 14.0. The summed E-state index contributed by atoms with van der Waals surface area (Å²) in [6.45, 7) is 19.4. The zero-order valence-corrected chi connectivity index (χ0v) is 58.3. The summed E-state index contributed by atoms with van der Waals surface area (Å²) in [7, 11) is 0. The number of rotatable bonds is 22. The standard InChI is InChI=1S/C31H46O5.C30H44O5.C16H26O6/c1-4-30(2,3)29(33)36-25-11-21-10-24(25)27-20-8-22(26(21)27)23(9-20)28(32)35-16-34-15-31-12-17-5-18(13-31)7-19(6-17)14-31;1-4-30(2,3)29(32)35-24-13-18-12-23(24)26-17-10-21(25(18)26)22(11-17)28(31)34-14-33-27-19-6-15-5-16(8-19)9-20(27)7-15;1-5-15(2,3)14(19)21-10-12(17)20-11-13(18)22-16(4)8-6-7-9-16/h17-27H,4-16H2,1-3H3;15-27H,4-14H2,1-3H3;5-11H2,1-4H3. The van der Waals surface area contributed by atoms with E-state index in [0.29, 0.717) is 101 Å². The monoisotopic (exact) mass is 1300 g/mol. The molecule has 0 aliphatic heterocycles. The number of hydrogen-bond donors (Lipinski definition) is 0. The van der Waals surface area contributed by atoms with E-state index in [-0.39, 0.29) is 61.5 Å². The first kappa shape index (κ1) is 67.8. The van der Waals surface area contributed by atoms with Crippen LogP contribution in [-0.4, -0.2) is 99.1 Å². The van der Waals surface area contributed by atoms with Gasteiger partial charge in [0.1, 0.15) is 17.8 Å². The quantitative estimate of drug-likeness (QED) is 0.0325. The van der Waals surface area contributed by atoms with E-state index in [1.807, 2.05) is 41.5 Å². The fraction of sp³-hybridized carbons (Fsp3) is 0.909. The smallest absolute Gasteiger partial charge is 0.344 e. The van der Waals surface area contributed by atoms with Crippen LogP contribution >= 0.6 is 0 Å². The Bertz CT molecular complexity index is 2710. The first-order valence-electron chi connectivity index (χ1n) is 37.7. The van der Waals surface area contributed by atoms with E-state index < -0.39 is 53.0 Å². The zero-order chi connectivity index (χ0) is 65.7. The molecule has 93 heavy (non-hydrogen) atoms. The lowest BCUT2D eigenvalue weighted by Gasteiger charge is -2.56. The van der Waals surface area contributed by atoms with Crippen molar-refractivity contribution in [3.63, 3.8) is 0 Å². The van der Waals surface area contributed by atoms with Gasteiger partial charge in [0.25, 0.3) is 0 Å². The van der Waals surface area contributed by atoms with Crippen LogP contribution in [0.4, 0.5) is 0 Å². The summed E-state index contributed by atoms with van der Waals surface area (Å²) in [4.78, 5) is 86.6. The van der Waals surface area contributed by atoms with Gasteiger partial charge in [-0.1, -0.05) is 20.8 Å². The molecule has 0 aromatic heterocycles. The van der Waals surface area contributed by atoms with Gasteiger partial charge in [-0.2, -0.15) is 0 Å². The molecule has 16 unspecified atom stereocenters. The minimum absolute atomic E-state index is 0.00443. The molecule has 16 bridgehead atoms. The maximum Gasteiger partial charge on any atom is 0.344 e. The highest BCUT2D eigenvalue weighted by Crippen LogP contribution is 2.71. The van der Waals surface area contributed by atoms with Crippen LogP contribution in [0.5, 0.6) is 0 Å². The van der Waals surface area contributed by atoms with E-state index in [4.69, 9.17) is 42.6 Å². The highest BCUT2D eigenvalue weighted by Gasteiger charge is 2.69. The van der Waals surface area contributed by atoms with Gasteiger partial charge >= 0.3 is 41.8 Å². The summed E-state index contributed by atoms with van der Waals surface area (Å²) in [6.07, 6.45) is 30.2. The van der Waals surface area contributed by atoms with E-state index in [2.05, 4.69) is 13.8 Å². The number of carbonyl (C=O) groups is 7. The van der Waals surface area contributed by atoms with Crippen molar-refractivity contribution in [3.8, 4) is 0 Å². The fourth-order valence-corrected chi connectivity index (χ4v) is 24.3. The molecule has 17 aliphatic rings. The van der Waals surface area contributed by atoms with Crippen molar-refractivity contribution >= 4 is 41.8 Å². The second-order valence-electron chi connectivity index (χ2n) is 36.1. The van der Waals surface area contributed by atoms with Crippen molar-refractivity contribution in [2.75, 3.05) is 33.4 Å². The van der Waals surface area contributed by atoms with Gasteiger partial charge in [0.05, 0.1) is 40.8 Å². The Hall–Kier alpha value is -3.79. The summed E-state index contributed by atoms with van der Waals surface area (Å²) in [6, 6.07) is 0. The molecule has 16 heteroatoms. The summed E-state index contributed by atoms with van der Waals surface area (Å²) in [5, 5.41) is 0. The molecule has 0 heterocycles. The number of esters is 7. The van der Waals surface area contributed by atoms with Crippen LogP contribution in [0.1, 0.15) is 236 Å². The van der Waals surface area contributed by atoms with Crippen molar-refractivity contribution in [2.45, 2.75) is 260 Å². The van der Waals surface area contributed by atoms with E-state index >= 15 is 0 Å². The lowest BCUT2D eigenvalue weighted by Crippen LogP contribution is -2.49. The lowest BCUT2D eigenvalue weighted by molar-refractivity contribution is -0.192. The van der Waals surface area contributed by atoms with Gasteiger partial charge in [-0.15, -0.1) is 0 Å². The molecule has 17 saturated carbocycles. The van der Waals surface area contributed by atoms with Crippen molar-refractivity contribution in [3.05, 3.63) is 0 Å². The van der Waals surface area contributed by atoms with E-state index in [1.165, 1.54) is 89.9 Å². The summed E-state index contributed by atoms with van der Waals surface area (Å²) in [5.41, 5.74) is -1.51. The summed E-state index contributed by atoms with van der Waals surface area (Å²) in [5.74, 6) is 11.2. The topological polar surface area (TPSA) is 203 Å². The molecule has 520 valence electrons. The molecule has 17 fully saturated rings. The Kier molecular flexibility index (Phi) is 19.3. The molecule has 0 aromatic carbocycles. The molecule has 0 radical (unpaired) electrons. The normalized spacial score (nSPS) is 42.2. The largest absolute Gasteiger partial charge is 0.462 e. The summed E-state index contributed by atoms with van der Waals surface area (Å²) < 4.78 is 51.1. The molecule has 17 aliphatic carbocycles. The maximum atomic E-state index is 13.2. The lowest BCUT2D eigenvalue weighted by atomic mass is 9.50. The minimum Gasteiger partial charge on any atom is -0.462 e. The maximum absolute atomic E-state index is 13.2. The third kappa shape index (κ3) is 13.5. The second-order valence-corrected chi connectivity index (χ2v) is 36.1. The molecule has 0 spiro atoms. The molecule has 16 atom stereocenters. The minimum atomic E-state index is -0.756. The third-order valence-corrected chi connectivity index (χ3v) is 29.1. The van der Waals surface area contributed by atoms with Crippen LogP contribution in [0.2, 0.25) is 0 Å². The second kappa shape index (κ2) is 26.5. The predicted molar refractivity (Wildman–Crippen MR) is 343 cm³/mol. The number of ether oxygens (including phenoxy) is 9. The highest BCUT2D eigenvalue weighted by molar-refractivity contribution is 5.81. The van der Waals surface area contributed by atoms with Crippen LogP contribution in [-0.2, 0) is 76.2 Å².